The van der Waals surface area contributed by atoms with E-state index in [1.54, 1.807) is 19.1 Å². The molecule has 0 bridgehead atoms. The number of pyridine rings is 1. The Bertz CT molecular complexity index is 1960. The van der Waals surface area contributed by atoms with Crippen LogP contribution in [0, 0.1) is 17.0 Å². The highest BCUT2D eigenvalue weighted by Gasteiger charge is 2.56. The Morgan fingerprint density at radius 3 is 2.22 bits per heavy atom. The number of piperazine rings is 1. The van der Waals surface area contributed by atoms with Crippen LogP contribution < -0.4 is 29.6 Å². The van der Waals surface area contributed by atoms with Gasteiger partial charge in [-0.05, 0) is 61.7 Å². The van der Waals surface area contributed by atoms with Crippen LogP contribution in [0.4, 0.5) is 20.2 Å². The summed E-state index contributed by atoms with van der Waals surface area (Å²) in [5.41, 5.74) is -0.274. The van der Waals surface area contributed by atoms with Crippen molar-refractivity contribution in [2.45, 2.75) is 26.2 Å². The van der Waals surface area contributed by atoms with Crippen molar-refractivity contribution < 1.29 is 42.1 Å². The van der Waals surface area contributed by atoms with Crippen molar-refractivity contribution in [2.75, 3.05) is 63.2 Å². The second kappa shape index (κ2) is 14.4. The van der Waals surface area contributed by atoms with Crippen LogP contribution in [0.1, 0.15) is 26.2 Å². The largest absolute Gasteiger partial charge is 0.489 e. The predicted octanol–water partition coefficient (Wildman–Crippen LogP) is 5.37. The van der Waals surface area contributed by atoms with Gasteiger partial charge in [-0.25, -0.2) is 8.78 Å². The van der Waals surface area contributed by atoms with Gasteiger partial charge in [0.1, 0.15) is 30.2 Å². The molecule has 14 heteroatoms. The first-order valence-electron chi connectivity index (χ1n) is 16.9. The van der Waals surface area contributed by atoms with Crippen LogP contribution in [0.5, 0.6) is 28.7 Å². The molecule has 2 N–H and O–H groups in total. The Morgan fingerprint density at radius 2 is 1.53 bits per heavy atom. The minimum atomic E-state index is -1.30. The Morgan fingerprint density at radius 1 is 0.843 bits per heavy atom. The molecule has 0 radical (unpaired) electrons. The number of anilines is 2. The van der Waals surface area contributed by atoms with Gasteiger partial charge in [-0.2, -0.15) is 0 Å². The van der Waals surface area contributed by atoms with Gasteiger partial charge in [-0.15, -0.1) is 0 Å². The van der Waals surface area contributed by atoms with Gasteiger partial charge in [0.25, 0.3) is 0 Å². The average Bonchev–Trinajstić information content (AvgIpc) is 3.95. The fourth-order valence-electron chi connectivity index (χ4n) is 6.22. The van der Waals surface area contributed by atoms with Crippen LogP contribution >= 0.6 is 0 Å². The molecular weight excluding hydrogens is 664 g/mol. The lowest BCUT2D eigenvalue weighted by atomic mass is 10.0. The van der Waals surface area contributed by atoms with Crippen molar-refractivity contribution >= 4 is 40.0 Å². The van der Waals surface area contributed by atoms with E-state index in [1.165, 1.54) is 42.6 Å². The van der Waals surface area contributed by atoms with Crippen molar-refractivity contribution in [1.82, 2.24) is 14.8 Å². The number of benzene rings is 3. The zero-order chi connectivity index (χ0) is 35.5. The third kappa shape index (κ3) is 7.36. The van der Waals surface area contributed by atoms with Crippen LogP contribution in [0.2, 0.25) is 0 Å². The number of fused-ring (bicyclic) bond motifs is 3. The Kier molecular flexibility index (Phi) is 9.58. The molecule has 266 valence electrons. The zero-order valence-electron chi connectivity index (χ0n) is 28.0. The molecule has 0 spiro atoms. The van der Waals surface area contributed by atoms with Gasteiger partial charge in [0, 0.05) is 69.4 Å². The summed E-state index contributed by atoms with van der Waals surface area (Å²) in [5, 5.41) is 5.78. The zero-order valence-corrected chi connectivity index (χ0v) is 28.0. The number of halogens is 2. The maximum Gasteiger partial charge on any atom is 0.240 e. The smallest absolute Gasteiger partial charge is 0.240 e. The maximum atomic E-state index is 15.4. The van der Waals surface area contributed by atoms with Gasteiger partial charge in [0.2, 0.25) is 23.5 Å². The predicted molar refractivity (Wildman–Crippen MR) is 183 cm³/mol. The first-order valence-corrected chi connectivity index (χ1v) is 16.9. The lowest BCUT2D eigenvalue weighted by Crippen LogP contribution is -2.48. The third-order valence-electron chi connectivity index (χ3n) is 9.27. The van der Waals surface area contributed by atoms with E-state index >= 15 is 4.39 Å². The minimum Gasteiger partial charge on any atom is -0.489 e. The molecule has 12 nitrogen and oxygen atoms in total. The molecule has 7 rings (SSSR count). The summed E-state index contributed by atoms with van der Waals surface area (Å²) < 4.78 is 52.9. The second-order valence-corrected chi connectivity index (χ2v) is 12.7. The Hall–Kier alpha value is -5.50. The van der Waals surface area contributed by atoms with E-state index in [-0.39, 0.29) is 29.7 Å². The summed E-state index contributed by atoms with van der Waals surface area (Å²) in [4.78, 5) is 46.3. The van der Waals surface area contributed by atoms with E-state index in [4.69, 9.17) is 18.9 Å². The summed E-state index contributed by atoms with van der Waals surface area (Å²) in [6, 6.07) is 12.6. The van der Waals surface area contributed by atoms with Crippen molar-refractivity contribution in [2.24, 2.45) is 5.41 Å². The molecule has 0 unspecified atom stereocenters. The first-order chi connectivity index (χ1) is 24.7. The highest BCUT2D eigenvalue weighted by molar-refractivity contribution is 6.17. The van der Waals surface area contributed by atoms with Crippen LogP contribution in [0.15, 0.2) is 60.8 Å². The van der Waals surface area contributed by atoms with Gasteiger partial charge in [0.15, 0.2) is 23.1 Å². The van der Waals surface area contributed by atoms with E-state index < -0.39 is 28.9 Å². The Balaban J connectivity index is 1.01. The number of ether oxygens (including phenoxy) is 4. The molecule has 1 saturated heterocycles. The first kappa shape index (κ1) is 34.0. The number of amides is 3. The summed E-state index contributed by atoms with van der Waals surface area (Å²) in [7, 11) is 0. The van der Waals surface area contributed by atoms with E-state index in [9.17, 15) is 18.8 Å². The molecule has 1 aliphatic carbocycles. The van der Waals surface area contributed by atoms with Crippen molar-refractivity contribution in [3.8, 4) is 28.7 Å². The topological polar surface area (TPSA) is 132 Å². The summed E-state index contributed by atoms with van der Waals surface area (Å²) in [6.45, 7) is 6.57. The molecule has 3 aromatic carbocycles. The number of carbonyl (C=O) groups is 3. The number of aromatic nitrogens is 1. The third-order valence-corrected chi connectivity index (χ3v) is 9.27. The SMILES string of the molecule is CC(=O)N1CCN(CCCOc2cc3nccc(Oc4ccc(NC(=O)C5(C(=O)Nc6ccc(F)cc6)CC5)cc4F)c3c3c2OCCO3)CC1. The van der Waals surface area contributed by atoms with Gasteiger partial charge >= 0.3 is 0 Å². The van der Waals surface area contributed by atoms with E-state index in [1.807, 2.05) is 4.90 Å². The van der Waals surface area contributed by atoms with Gasteiger partial charge in [-0.1, -0.05) is 0 Å². The number of rotatable bonds is 11. The van der Waals surface area contributed by atoms with Crippen LogP contribution in [0.3, 0.4) is 0 Å². The molecule has 1 saturated carbocycles. The highest BCUT2D eigenvalue weighted by Crippen LogP contribution is 2.49. The molecule has 4 aromatic rings. The molecule has 3 heterocycles. The molecule has 3 amide bonds. The fraction of sp³-hybridized carbons (Fsp3) is 0.351. The van der Waals surface area contributed by atoms with Gasteiger partial charge in [-0.3, -0.25) is 24.3 Å². The summed E-state index contributed by atoms with van der Waals surface area (Å²) in [5.74, 6) is -0.711. The molecule has 51 heavy (non-hydrogen) atoms. The maximum absolute atomic E-state index is 15.4. The number of hydrogen-bond donors (Lipinski definition) is 2. The van der Waals surface area contributed by atoms with Crippen molar-refractivity contribution in [1.29, 1.82) is 0 Å². The average molecular weight is 702 g/mol. The number of nitrogens with one attached hydrogen (secondary N) is 2. The standard InChI is InChI=1S/C37H37F2N5O7/c1-23(45)44-16-14-43(15-17-44)13-2-18-48-31-22-28-32(34-33(31)49-19-20-50-34)30(9-12-40-28)51-29-8-7-26(21-27(29)39)42-36(47)37(10-11-37)35(46)41-25-5-3-24(38)4-6-25/h3-9,12,21-22H,2,10-11,13-20H2,1H3,(H,41,46)(H,42,47). The minimum absolute atomic E-state index is 0.101. The van der Waals surface area contributed by atoms with Crippen LogP contribution in [0.25, 0.3) is 10.9 Å². The van der Waals surface area contributed by atoms with Crippen LogP contribution in [-0.4, -0.2) is 85.0 Å². The number of nitrogens with zero attached hydrogens (tertiary/aromatic N) is 3. The number of carbonyl (C=O) groups excluding carboxylic acids is 3. The normalized spacial score (nSPS) is 16.3. The Labute approximate surface area is 292 Å². The van der Waals surface area contributed by atoms with Gasteiger partial charge < -0.3 is 34.5 Å². The summed E-state index contributed by atoms with van der Waals surface area (Å²) in [6.07, 6.45) is 2.96. The lowest BCUT2D eigenvalue weighted by Gasteiger charge is -2.34. The van der Waals surface area contributed by atoms with Crippen molar-refractivity contribution in [3.63, 3.8) is 0 Å². The molecule has 1 aromatic heterocycles. The number of hydrogen-bond acceptors (Lipinski definition) is 9. The molecule has 3 aliphatic rings. The molecule has 2 fully saturated rings. The van der Waals surface area contributed by atoms with Crippen LogP contribution in [-0.2, 0) is 14.4 Å². The molecule has 0 atom stereocenters. The quantitative estimate of drug-likeness (QED) is 0.157. The van der Waals surface area contributed by atoms with E-state index in [0.717, 1.165) is 45.2 Å². The molecule has 2 aliphatic heterocycles. The van der Waals surface area contributed by atoms with E-state index in [0.29, 0.717) is 59.9 Å². The summed E-state index contributed by atoms with van der Waals surface area (Å²) >= 11 is 0. The van der Waals surface area contributed by atoms with Gasteiger partial charge in [0.05, 0.1) is 17.5 Å². The van der Waals surface area contributed by atoms with E-state index in [2.05, 4.69) is 20.5 Å². The monoisotopic (exact) mass is 701 g/mol. The second-order valence-electron chi connectivity index (χ2n) is 12.7. The highest BCUT2D eigenvalue weighted by atomic mass is 19.1. The molecular formula is C37H37F2N5O7. The lowest BCUT2D eigenvalue weighted by molar-refractivity contribution is -0.132. The fourth-order valence-corrected chi connectivity index (χ4v) is 6.22. The van der Waals surface area contributed by atoms with Crippen molar-refractivity contribution in [3.05, 3.63) is 72.4 Å².